The third-order valence-electron chi connectivity index (χ3n) is 1.75. The summed E-state index contributed by atoms with van der Waals surface area (Å²) in [6, 6.07) is 0. The lowest BCUT2D eigenvalue weighted by atomic mass is 10.6. The van der Waals surface area contributed by atoms with Crippen molar-refractivity contribution in [2.45, 2.75) is 11.6 Å². The molecule has 86 valence electrons. The molecule has 0 radical (unpaired) electrons. The highest BCUT2D eigenvalue weighted by atomic mass is 31.3. The number of hydrogen-bond acceptors (Lipinski definition) is 7. The fraction of sp³-hybridized carbons (Fsp3) is 0.400. The maximum Gasteiger partial charge on any atom is 0.449 e. The summed E-state index contributed by atoms with van der Waals surface area (Å²) < 4.78 is 1.18. The molecule has 1 aromatic rings. The molecule has 1 atom stereocenters. The second kappa shape index (κ2) is 4.37. The Hall–Kier alpha value is -0.170. The molecule has 8 nitrogen and oxygen atoms in total. The smallest absolute Gasteiger partial charge is 0.345 e. The Labute approximate surface area is 86.6 Å². The Kier molecular flexibility index (Phi) is 3.76. The van der Waals surface area contributed by atoms with Gasteiger partial charge in [0.15, 0.2) is 0 Å². The van der Waals surface area contributed by atoms with Crippen LogP contribution in [0, 0.1) is 0 Å². The summed E-state index contributed by atoms with van der Waals surface area (Å²) in [5.74, 6) is 0. The Balaban J connectivity index is 2.93. The summed E-state index contributed by atoms with van der Waals surface area (Å²) in [6.07, 6.45) is 3.93. The zero-order chi connectivity index (χ0) is 11.7. The van der Waals surface area contributed by atoms with Gasteiger partial charge in [-0.3, -0.25) is 0 Å². The predicted molar refractivity (Wildman–Crippen MR) is 52.1 cm³/mol. The highest BCUT2D eigenvalue weighted by Gasteiger charge is 2.64. The van der Waals surface area contributed by atoms with Gasteiger partial charge in [-0.25, -0.2) is 4.98 Å². The van der Waals surface area contributed by atoms with Crippen LogP contribution in [-0.4, -0.2) is 44.2 Å². The van der Waals surface area contributed by atoms with Crippen LogP contribution in [0.25, 0.3) is 0 Å². The lowest BCUT2D eigenvalue weighted by molar-refractivity contribution is 0.116. The number of rotatable bonds is 4. The normalized spacial score (nSPS) is 16.7. The summed E-state index contributed by atoms with van der Waals surface area (Å²) in [7, 11) is -7.93. The number of hydrogen-bond donors (Lipinski definition) is 6. The lowest BCUT2D eigenvalue weighted by Gasteiger charge is -2.26. The summed E-state index contributed by atoms with van der Waals surface area (Å²) in [5, 5.41) is 6.82. The van der Waals surface area contributed by atoms with Gasteiger partial charge in [0, 0.05) is 12.4 Å². The number of aliphatic hydroxyl groups is 1. The second-order valence-electron chi connectivity index (χ2n) is 2.87. The van der Waals surface area contributed by atoms with Crippen molar-refractivity contribution in [2.75, 3.05) is 0 Å². The minimum atomic E-state index is -4.80. The number of imidazole rings is 1. The summed E-state index contributed by atoms with van der Waals surface area (Å²) in [6.45, 7) is -0.580. The van der Waals surface area contributed by atoms with Gasteiger partial charge in [-0.2, -0.15) is 14.7 Å². The molecule has 0 aliphatic rings. The molecule has 0 fully saturated rings. The monoisotopic (exact) mass is 257 g/mol. The van der Waals surface area contributed by atoms with Crippen LogP contribution in [0.5, 0.6) is 0 Å². The van der Waals surface area contributed by atoms with Crippen LogP contribution in [-0.2, 0) is 6.54 Å². The van der Waals surface area contributed by atoms with Gasteiger partial charge in [-0.15, -0.1) is 0 Å². The van der Waals surface area contributed by atoms with Crippen LogP contribution in [0.4, 0.5) is 0 Å². The molecule has 1 rings (SSSR count). The molecule has 0 bridgehead atoms. The van der Waals surface area contributed by atoms with E-state index >= 15 is 0 Å². The van der Waals surface area contributed by atoms with E-state index in [2.05, 4.69) is 4.98 Å². The first-order chi connectivity index (χ1) is 6.77. The third-order valence-corrected chi connectivity index (χ3v) is 4.98. The molecule has 0 spiro atoms. The Morgan fingerprint density at radius 3 is 2.27 bits per heavy atom. The van der Waals surface area contributed by atoms with Gasteiger partial charge in [-0.05, 0) is 0 Å². The molecular formula is C5H11N2O6P2+. The molecule has 0 aliphatic carbocycles. The largest absolute Gasteiger partial charge is 0.449 e. The molecule has 1 aromatic heterocycles. The average Bonchev–Trinajstić information content (AvgIpc) is 2.54. The predicted octanol–water partition coefficient (Wildman–Crippen LogP) is -1.43. The average molecular weight is 257 g/mol. The fourth-order valence-electron chi connectivity index (χ4n) is 0.903. The molecule has 6 N–H and O–H groups in total. The number of nitrogens with zero attached hydrogens (tertiary/aromatic N) is 2. The lowest BCUT2D eigenvalue weighted by Crippen LogP contribution is -2.34. The van der Waals surface area contributed by atoms with Gasteiger partial charge >= 0.3 is 13.0 Å². The van der Waals surface area contributed by atoms with Crippen molar-refractivity contribution in [2.24, 2.45) is 0 Å². The summed E-state index contributed by atoms with van der Waals surface area (Å²) >= 11 is 0. The van der Waals surface area contributed by atoms with E-state index in [1.807, 2.05) is 0 Å². The van der Waals surface area contributed by atoms with E-state index in [0.717, 1.165) is 0 Å². The Morgan fingerprint density at radius 1 is 1.33 bits per heavy atom. The molecule has 1 heterocycles. The van der Waals surface area contributed by atoms with Crippen molar-refractivity contribution >= 4 is 16.3 Å². The van der Waals surface area contributed by atoms with E-state index in [1.54, 1.807) is 0 Å². The molecule has 0 amide bonds. The van der Waals surface area contributed by atoms with Gasteiger partial charge in [0.25, 0.3) is 8.38 Å². The van der Waals surface area contributed by atoms with Gasteiger partial charge in [0.2, 0.25) is 0 Å². The van der Waals surface area contributed by atoms with Gasteiger partial charge in [-0.1, -0.05) is 0 Å². The second-order valence-corrected chi connectivity index (χ2v) is 6.42. The van der Waals surface area contributed by atoms with Crippen LogP contribution >= 0.6 is 16.3 Å². The molecule has 0 aromatic carbocycles. The van der Waals surface area contributed by atoms with Gasteiger partial charge in [0.1, 0.15) is 6.54 Å². The van der Waals surface area contributed by atoms with Crippen LogP contribution < -0.4 is 0 Å². The first kappa shape index (κ1) is 12.9. The van der Waals surface area contributed by atoms with Crippen molar-refractivity contribution in [1.82, 2.24) is 9.55 Å². The first-order valence-corrected chi connectivity index (χ1v) is 6.60. The summed E-state index contributed by atoms with van der Waals surface area (Å²) in [5.41, 5.74) is 0. The van der Waals surface area contributed by atoms with E-state index in [9.17, 15) is 5.11 Å². The van der Waals surface area contributed by atoms with Crippen LogP contribution in [0.1, 0.15) is 0 Å². The number of aromatic nitrogens is 2. The first-order valence-electron chi connectivity index (χ1n) is 3.71. The van der Waals surface area contributed by atoms with Gasteiger partial charge < -0.3 is 19.5 Å². The van der Waals surface area contributed by atoms with Crippen molar-refractivity contribution in [3.63, 3.8) is 0 Å². The molecule has 1 unspecified atom stereocenters. The summed E-state index contributed by atoms with van der Waals surface area (Å²) in [4.78, 5) is 48.2. The molecule has 10 heteroatoms. The highest BCUT2D eigenvalue weighted by Crippen LogP contribution is 2.68. The fourth-order valence-corrected chi connectivity index (χ4v) is 2.51. The van der Waals surface area contributed by atoms with Crippen molar-refractivity contribution < 1.29 is 29.6 Å². The maximum absolute atomic E-state index is 9.58. The Bertz CT molecular complexity index is 312. The van der Waals surface area contributed by atoms with Crippen molar-refractivity contribution in [3.05, 3.63) is 18.7 Å². The minimum Gasteiger partial charge on any atom is -0.345 e. The highest BCUT2D eigenvalue weighted by molar-refractivity contribution is 7.73. The molecule has 0 saturated heterocycles. The molecule has 0 aliphatic heterocycles. The molecule has 0 saturated carbocycles. The minimum absolute atomic E-state index is 0.580. The van der Waals surface area contributed by atoms with E-state index in [1.165, 1.54) is 23.3 Å². The quantitative estimate of drug-likeness (QED) is 0.363. The van der Waals surface area contributed by atoms with E-state index in [0.29, 0.717) is 0 Å². The third kappa shape index (κ3) is 2.69. The van der Waals surface area contributed by atoms with Crippen LogP contribution in [0.3, 0.4) is 0 Å². The maximum atomic E-state index is 9.58. The standard InChI is InChI=1S/C5H11N2O6P2/c8-5(14(9)10,15(11,12)13)3-7-2-1-6-4-7/h1-2,4,8-13H,3H2/q+1. The van der Waals surface area contributed by atoms with E-state index < -0.39 is 27.9 Å². The molecular weight excluding hydrogens is 246 g/mol. The van der Waals surface area contributed by atoms with E-state index in [-0.39, 0.29) is 0 Å². The topological polar surface area (TPSA) is 139 Å². The zero-order valence-corrected chi connectivity index (χ0v) is 9.20. The van der Waals surface area contributed by atoms with Crippen LogP contribution in [0.15, 0.2) is 18.7 Å². The van der Waals surface area contributed by atoms with E-state index in [4.69, 9.17) is 24.5 Å². The molecule has 15 heavy (non-hydrogen) atoms. The SMILES string of the molecule is OP(O)C(O)(Cn1ccnc1)[P+](O)(O)O. The van der Waals surface area contributed by atoms with Gasteiger partial charge in [0.05, 0.1) is 6.33 Å². The Morgan fingerprint density at radius 2 is 1.93 bits per heavy atom. The van der Waals surface area contributed by atoms with Crippen molar-refractivity contribution in [1.29, 1.82) is 0 Å². The van der Waals surface area contributed by atoms with Crippen LogP contribution in [0.2, 0.25) is 0 Å². The van der Waals surface area contributed by atoms with Crippen molar-refractivity contribution in [3.8, 4) is 0 Å². The zero-order valence-electron chi connectivity index (χ0n) is 7.41.